The fourth-order valence-electron chi connectivity index (χ4n) is 2.77. The van der Waals surface area contributed by atoms with E-state index in [1.54, 1.807) is 21.7 Å². The van der Waals surface area contributed by atoms with E-state index in [1.807, 2.05) is 18.2 Å². The van der Waals surface area contributed by atoms with Gasteiger partial charge in [0.15, 0.2) is 0 Å². The molecule has 0 saturated heterocycles. The zero-order chi connectivity index (χ0) is 16.9. The van der Waals surface area contributed by atoms with Gasteiger partial charge in [-0.25, -0.2) is 4.98 Å². The van der Waals surface area contributed by atoms with Gasteiger partial charge in [0, 0.05) is 25.2 Å². The largest absolute Gasteiger partial charge is 0.311 e. The minimum Gasteiger partial charge on any atom is -0.311 e. The van der Waals surface area contributed by atoms with Gasteiger partial charge >= 0.3 is 0 Å². The molecular weight excluding hydrogens is 302 g/mol. The van der Waals surface area contributed by atoms with Gasteiger partial charge in [-0.3, -0.25) is 9.48 Å². The van der Waals surface area contributed by atoms with E-state index in [-0.39, 0.29) is 5.56 Å². The Balaban J connectivity index is 1.82. The molecule has 1 aromatic carbocycles. The maximum Gasteiger partial charge on any atom is 0.255 e. The number of rotatable bonds is 7. The Hall–Kier alpha value is -2.73. The van der Waals surface area contributed by atoms with Crippen molar-refractivity contribution < 1.29 is 0 Å². The second-order valence-corrected chi connectivity index (χ2v) is 5.77. The highest BCUT2D eigenvalue weighted by atomic mass is 16.1. The van der Waals surface area contributed by atoms with E-state index < -0.39 is 0 Å². The van der Waals surface area contributed by atoms with Crippen LogP contribution in [-0.4, -0.2) is 25.9 Å². The third-order valence-corrected chi connectivity index (χ3v) is 3.93. The summed E-state index contributed by atoms with van der Waals surface area (Å²) in [6.45, 7) is 8.28. The van der Waals surface area contributed by atoms with Crippen LogP contribution in [-0.2, 0) is 19.6 Å². The highest BCUT2D eigenvalue weighted by Gasteiger charge is 2.08. The van der Waals surface area contributed by atoms with E-state index in [2.05, 4.69) is 35.0 Å². The summed E-state index contributed by atoms with van der Waals surface area (Å²) in [4.78, 5) is 16.6. The van der Waals surface area contributed by atoms with Crippen LogP contribution in [0.3, 0.4) is 0 Å². The smallest absolute Gasteiger partial charge is 0.255 e. The standard InChI is InChI=1S/C18H21N5O/c1-3-7-23-17-5-4-14(2)9-15(17)10-16(18(23)24)11-19-6-8-22-13-20-12-21-22/h3-5,9-10,12-13,19H,1,6-8,11H2,2H3. The number of aromatic nitrogens is 4. The maximum absolute atomic E-state index is 12.7. The topological polar surface area (TPSA) is 64.7 Å². The first-order valence-electron chi connectivity index (χ1n) is 7.96. The molecule has 0 bridgehead atoms. The minimum atomic E-state index is 0.0273. The number of nitrogens with zero attached hydrogens (tertiary/aromatic N) is 4. The van der Waals surface area contributed by atoms with Gasteiger partial charge in [0.05, 0.1) is 12.1 Å². The molecule has 6 nitrogen and oxygen atoms in total. The molecule has 0 unspecified atom stereocenters. The molecule has 24 heavy (non-hydrogen) atoms. The van der Waals surface area contributed by atoms with E-state index in [1.165, 1.54) is 11.9 Å². The fourth-order valence-corrected chi connectivity index (χ4v) is 2.77. The zero-order valence-electron chi connectivity index (χ0n) is 13.8. The van der Waals surface area contributed by atoms with Crippen molar-refractivity contribution in [2.24, 2.45) is 0 Å². The Morgan fingerprint density at radius 1 is 1.33 bits per heavy atom. The van der Waals surface area contributed by atoms with E-state index in [4.69, 9.17) is 0 Å². The first kappa shape index (κ1) is 16.1. The van der Waals surface area contributed by atoms with Gasteiger partial charge in [-0.1, -0.05) is 17.7 Å². The maximum atomic E-state index is 12.7. The Morgan fingerprint density at radius 3 is 2.96 bits per heavy atom. The van der Waals surface area contributed by atoms with Crippen molar-refractivity contribution in [2.45, 2.75) is 26.6 Å². The molecular formula is C18H21N5O. The summed E-state index contributed by atoms with van der Waals surface area (Å²) in [6, 6.07) is 8.11. The molecule has 0 saturated carbocycles. The molecule has 0 aliphatic rings. The molecule has 0 spiro atoms. The Labute approximate surface area is 140 Å². The van der Waals surface area contributed by atoms with Crippen LogP contribution < -0.4 is 10.9 Å². The monoisotopic (exact) mass is 323 g/mol. The summed E-state index contributed by atoms with van der Waals surface area (Å²) >= 11 is 0. The van der Waals surface area contributed by atoms with E-state index in [0.717, 1.165) is 23.0 Å². The third-order valence-electron chi connectivity index (χ3n) is 3.93. The van der Waals surface area contributed by atoms with E-state index in [0.29, 0.717) is 19.6 Å². The third kappa shape index (κ3) is 3.44. The Morgan fingerprint density at radius 2 is 2.21 bits per heavy atom. The van der Waals surface area contributed by atoms with Crippen LogP contribution in [0.15, 0.2) is 54.4 Å². The number of benzene rings is 1. The zero-order valence-corrected chi connectivity index (χ0v) is 13.8. The van der Waals surface area contributed by atoms with Crippen LogP contribution in [0, 0.1) is 6.92 Å². The Kier molecular flexibility index (Phi) is 4.86. The second kappa shape index (κ2) is 7.23. The van der Waals surface area contributed by atoms with Gasteiger partial charge in [0.2, 0.25) is 0 Å². The fraction of sp³-hybridized carbons (Fsp3) is 0.278. The average molecular weight is 323 g/mol. The predicted octanol–water partition coefficient (Wildman–Crippen LogP) is 1.88. The van der Waals surface area contributed by atoms with Crippen LogP contribution >= 0.6 is 0 Å². The molecule has 1 N–H and O–H groups in total. The molecule has 124 valence electrons. The summed E-state index contributed by atoms with van der Waals surface area (Å²) < 4.78 is 3.53. The van der Waals surface area contributed by atoms with Gasteiger partial charge in [0.1, 0.15) is 12.7 Å². The number of hydrogen-bond donors (Lipinski definition) is 1. The first-order chi connectivity index (χ1) is 11.7. The summed E-state index contributed by atoms with van der Waals surface area (Å²) in [7, 11) is 0. The van der Waals surface area contributed by atoms with Crippen LogP contribution in [0.5, 0.6) is 0 Å². The lowest BCUT2D eigenvalue weighted by Gasteiger charge is -2.12. The van der Waals surface area contributed by atoms with Crippen LogP contribution in [0.25, 0.3) is 10.9 Å². The van der Waals surface area contributed by atoms with Gasteiger partial charge in [-0.2, -0.15) is 5.10 Å². The molecule has 0 amide bonds. The molecule has 0 aliphatic carbocycles. The van der Waals surface area contributed by atoms with Gasteiger partial charge in [-0.15, -0.1) is 6.58 Å². The van der Waals surface area contributed by atoms with Gasteiger partial charge < -0.3 is 9.88 Å². The molecule has 0 fully saturated rings. The normalized spacial score (nSPS) is 11.0. The molecule has 3 rings (SSSR count). The number of hydrogen-bond acceptors (Lipinski definition) is 4. The van der Waals surface area contributed by atoms with Crippen molar-refractivity contribution in [3.63, 3.8) is 0 Å². The predicted molar refractivity (Wildman–Crippen MR) is 94.9 cm³/mol. The van der Waals surface area contributed by atoms with Crippen molar-refractivity contribution in [3.05, 3.63) is 71.1 Å². The lowest BCUT2D eigenvalue weighted by Crippen LogP contribution is -2.28. The van der Waals surface area contributed by atoms with Crippen molar-refractivity contribution >= 4 is 10.9 Å². The number of nitrogens with one attached hydrogen (secondary N) is 1. The van der Waals surface area contributed by atoms with Crippen LogP contribution in [0.4, 0.5) is 0 Å². The molecule has 3 aromatic rings. The van der Waals surface area contributed by atoms with Crippen molar-refractivity contribution in [3.8, 4) is 0 Å². The second-order valence-electron chi connectivity index (χ2n) is 5.77. The summed E-state index contributed by atoms with van der Waals surface area (Å²) in [5.41, 5.74) is 2.90. The summed E-state index contributed by atoms with van der Waals surface area (Å²) in [5, 5.41) is 8.43. The van der Waals surface area contributed by atoms with Gasteiger partial charge in [-0.05, 0) is 30.5 Å². The SMILES string of the molecule is C=CCn1c(=O)c(CNCCn2cncn2)cc2cc(C)ccc21. The van der Waals surface area contributed by atoms with Crippen LogP contribution in [0.2, 0.25) is 0 Å². The Bertz CT molecular complexity index is 896. The molecule has 0 radical (unpaired) electrons. The van der Waals surface area contributed by atoms with Crippen LogP contribution in [0.1, 0.15) is 11.1 Å². The molecule has 2 aromatic heterocycles. The molecule has 0 aliphatic heterocycles. The summed E-state index contributed by atoms with van der Waals surface area (Å²) in [6.07, 6.45) is 4.94. The summed E-state index contributed by atoms with van der Waals surface area (Å²) in [5.74, 6) is 0. The molecule has 2 heterocycles. The van der Waals surface area contributed by atoms with Gasteiger partial charge in [0.25, 0.3) is 5.56 Å². The van der Waals surface area contributed by atoms with E-state index >= 15 is 0 Å². The highest BCUT2D eigenvalue weighted by molar-refractivity contribution is 5.80. The highest BCUT2D eigenvalue weighted by Crippen LogP contribution is 2.16. The van der Waals surface area contributed by atoms with Crippen molar-refractivity contribution in [1.82, 2.24) is 24.6 Å². The lowest BCUT2D eigenvalue weighted by atomic mass is 10.1. The number of pyridine rings is 1. The first-order valence-corrected chi connectivity index (χ1v) is 7.96. The number of aryl methyl sites for hydroxylation is 1. The van der Waals surface area contributed by atoms with Crippen molar-refractivity contribution in [2.75, 3.05) is 6.54 Å². The number of allylic oxidation sites excluding steroid dienone is 1. The number of fused-ring (bicyclic) bond motifs is 1. The lowest BCUT2D eigenvalue weighted by molar-refractivity contribution is 0.551. The molecule has 6 heteroatoms. The average Bonchev–Trinajstić information content (AvgIpc) is 3.08. The minimum absolute atomic E-state index is 0.0273. The quantitative estimate of drug-likeness (QED) is 0.532. The van der Waals surface area contributed by atoms with Crippen molar-refractivity contribution in [1.29, 1.82) is 0 Å². The molecule has 0 atom stereocenters. The van der Waals surface area contributed by atoms with E-state index in [9.17, 15) is 4.79 Å².